The van der Waals surface area contributed by atoms with Crippen LogP contribution in [0.3, 0.4) is 0 Å². The van der Waals surface area contributed by atoms with Crippen LogP contribution in [0.15, 0.2) is 24.3 Å². The van der Waals surface area contributed by atoms with E-state index >= 15 is 0 Å². The molecule has 1 aromatic carbocycles. The number of nitrogens with one attached hydrogen (secondary N) is 1. The Morgan fingerprint density at radius 3 is 2.50 bits per heavy atom. The predicted molar refractivity (Wildman–Crippen MR) is 91.0 cm³/mol. The first-order valence-corrected chi connectivity index (χ1v) is 8.72. The normalized spacial score (nSPS) is 17.6. The average Bonchev–Trinajstić information content (AvgIpc) is 2.79. The third-order valence-electron chi connectivity index (χ3n) is 3.46. The van der Waals surface area contributed by atoms with Gasteiger partial charge in [-0.15, -0.1) is 12.4 Å². The fourth-order valence-corrected chi connectivity index (χ4v) is 3.88. The van der Waals surface area contributed by atoms with Gasteiger partial charge in [0.1, 0.15) is 0 Å². The van der Waals surface area contributed by atoms with Crippen LogP contribution in [0.4, 0.5) is 11.4 Å². The van der Waals surface area contributed by atoms with Crippen molar-refractivity contribution >= 4 is 39.7 Å². The van der Waals surface area contributed by atoms with Gasteiger partial charge in [-0.1, -0.05) is 13.3 Å². The van der Waals surface area contributed by atoms with Gasteiger partial charge < -0.3 is 11.1 Å². The molecule has 1 aromatic rings. The van der Waals surface area contributed by atoms with E-state index in [1.54, 1.807) is 24.3 Å². The first-order valence-electron chi connectivity index (χ1n) is 7.11. The van der Waals surface area contributed by atoms with Crippen LogP contribution in [0.5, 0.6) is 0 Å². The average molecular weight is 348 g/mol. The number of carbonyl (C=O) groups excluding carboxylic acids is 1. The van der Waals surface area contributed by atoms with Gasteiger partial charge in [-0.2, -0.15) is 0 Å². The quantitative estimate of drug-likeness (QED) is 0.848. The van der Waals surface area contributed by atoms with Crippen molar-refractivity contribution in [2.45, 2.75) is 32.2 Å². The molecule has 1 aliphatic heterocycles. The first-order chi connectivity index (χ1) is 9.94. The Hall–Kier alpha value is -1.31. The molecule has 1 fully saturated rings. The summed E-state index contributed by atoms with van der Waals surface area (Å²) in [4.78, 5) is 11.8. The monoisotopic (exact) mass is 347 g/mol. The Kier molecular flexibility index (Phi) is 6.65. The Bertz CT molecular complexity index is 604. The van der Waals surface area contributed by atoms with Crippen molar-refractivity contribution in [2.24, 2.45) is 5.73 Å². The van der Waals surface area contributed by atoms with Crippen LogP contribution in [0.1, 0.15) is 26.2 Å². The Balaban J connectivity index is 0.00000242. The lowest BCUT2D eigenvalue weighted by atomic mass is 10.1. The van der Waals surface area contributed by atoms with Gasteiger partial charge in [0.15, 0.2) is 0 Å². The number of hydrogen-bond acceptors (Lipinski definition) is 4. The lowest BCUT2D eigenvalue weighted by Gasteiger charge is -2.17. The molecule has 0 saturated carbocycles. The minimum absolute atomic E-state index is 0. The standard InChI is InChI=1S/C14H21N3O3S.ClH/c1-2-4-13(15)14(18)16-11-5-7-12(8-6-11)17-9-3-10-21(17,19)20;/h5-8,13H,2-4,9-10,15H2,1H3,(H,16,18);1H. The van der Waals surface area contributed by atoms with E-state index < -0.39 is 16.1 Å². The first kappa shape index (κ1) is 18.7. The largest absolute Gasteiger partial charge is 0.325 e. The van der Waals surface area contributed by atoms with E-state index in [1.807, 2.05) is 6.92 Å². The second kappa shape index (κ2) is 7.80. The molecule has 1 heterocycles. The zero-order valence-electron chi connectivity index (χ0n) is 12.5. The van der Waals surface area contributed by atoms with Crippen LogP contribution >= 0.6 is 12.4 Å². The predicted octanol–water partition coefficient (Wildman–Crippen LogP) is 1.71. The van der Waals surface area contributed by atoms with Gasteiger partial charge in [0, 0.05) is 12.2 Å². The molecule has 2 rings (SSSR count). The minimum Gasteiger partial charge on any atom is -0.325 e. The van der Waals surface area contributed by atoms with E-state index in [0.29, 0.717) is 30.8 Å². The van der Waals surface area contributed by atoms with E-state index in [1.165, 1.54) is 4.31 Å². The fraction of sp³-hybridized carbons (Fsp3) is 0.500. The maximum atomic E-state index is 11.8. The molecule has 1 saturated heterocycles. The summed E-state index contributed by atoms with van der Waals surface area (Å²) in [5.41, 5.74) is 6.99. The minimum atomic E-state index is -3.17. The van der Waals surface area contributed by atoms with Gasteiger partial charge in [-0.3, -0.25) is 9.10 Å². The lowest BCUT2D eigenvalue weighted by Crippen LogP contribution is -2.35. The number of nitrogens with zero attached hydrogens (tertiary/aromatic N) is 1. The van der Waals surface area contributed by atoms with Crippen molar-refractivity contribution in [1.29, 1.82) is 0 Å². The van der Waals surface area contributed by atoms with Crippen molar-refractivity contribution in [1.82, 2.24) is 0 Å². The molecule has 0 bridgehead atoms. The molecule has 0 spiro atoms. The topological polar surface area (TPSA) is 92.5 Å². The number of sulfonamides is 1. The van der Waals surface area contributed by atoms with Crippen molar-refractivity contribution in [3.05, 3.63) is 24.3 Å². The third-order valence-corrected chi connectivity index (χ3v) is 5.33. The number of anilines is 2. The Morgan fingerprint density at radius 2 is 2.00 bits per heavy atom. The summed E-state index contributed by atoms with van der Waals surface area (Å²) in [6, 6.07) is 6.27. The van der Waals surface area contributed by atoms with Crippen molar-refractivity contribution < 1.29 is 13.2 Å². The smallest absolute Gasteiger partial charge is 0.241 e. The lowest BCUT2D eigenvalue weighted by molar-refractivity contribution is -0.117. The molecule has 6 nitrogen and oxygen atoms in total. The zero-order chi connectivity index (χ0) is 15.5. The van der Waals surface area contributed by atoms with Crippen LogP contribution in [-0.2, 0) is 14.8 Å². The Morgan fingerprint density at radius 1 is 1.36 bits per heavy atom. The molecule has 1 unspecified atom stereocenters. The molecule has 124 valence electrons. The van der Waals surface area contributed by atoms with Gasteiger partial charge in [-0.25, -0.2) is 8.42 Å². The molecule has 1 amide bonds. The molecule has 0 aromatic heterocycles. The summed E-state index contributed by atoms with van der Waals surface area (Å²) in [7, 11) is -3.17. The number of nitrogens with two attached hydrogens (primary N) is 1. The number of amides is 1. The molecular weight excluding hydrogens is 326 g/mol. The second-order valence-corrected chi connectivity index (χ2v) is 7.19. The second-order valence-electron chi connectivity index (χ2n) is 5.17. The third kappa shape index (κ3) is 4.34. The molecule has 22 heavy (non-hydrogen) atoms. The molecule has 0 radical (unpaired) electrons. The molecule has 1 atom stereocenters. The fourth-order valence-electron chi connectivity index (χ4n) is 2.32. The number of halogens is 1. The Labute approximate surface area is 137 Å². The van der Waals surface area contributed by atoms with Gasteiger partial charge in [0.05, 0.1) is 17.5 Å². The van der Waals surface area contributed by atoms with E-state index in [4.69, 9.17) is 5.73 Å². The van der Waals surface area contributed by atoms with Crippen LogP contribution in [0, 0.1) is 0 Å². The summed E-state index contributed by atoms with van der Waals surface area (Å²) < 4.78 is 25.1. The van der Waals surface area contributed by atoms with E-state index in [2.05, 4.69) is 5.32 Å². The van der Waals surface area contributed by atoms with Crippen molar-refractivity contribution in [2.75, 3.05) is 21.9 Å². The van der Waals surface area contributed by atoms with E-state index in [-0.39, 0.29) is 24.1 Å². The highest BCUT2D eigenvalue weighted by Gasteiger charge is 2.28. The van der Waals surface area contributed by atoms with Crippen molar-refractivity contribution in [3.63, 3.8) is 0 Å². The van der Waals surface area contributed by atoms with Crippen LogP contribution < -0.4 is 15.4 Å². The van der Waals surface area contributed by atoms with Gasteiger partial charge in [0.2, 0.25) is 15.9 Å². The number of carbonyl (C=O) groups is 1. The summed E-state index contributed by atoms with van der Waals surface area (Å²) >= 11 is 0. The zero-order valence-corrected chi connectivity index (χ0v) is 14.1. The van der Waals surface area contributed by atoms with Crippen LogP contribution in [-0.4, -0.2) is 32.7 Å². The molecule has 8 heteroatoms. The highest BCUT2D eigenvalue weighted by molar-refractivity contribution is 7.93. The number of hydrogen-bond donors (Lipinski definition) is 2. The summed E-state index contributed by atoms with van der Waals surface area (Å²) in [6.07, 6.45) is 2.13. The molecular formula is C14H22ClN3O3S. The SMILES string of the molecule is CCCC(N)C(=O)Nc1ccc(N2CCCS2(=O)=O)cc1.Cl. The molecule has 0 aliphatic carbocycles. The summed E-state index contributed by atoms with van der Waals surface area (Å²) in [6.45, 7) is 2.48. The van der Waals surface area contributed by atoms with E-state index in [0.717, 1.165) is 6.42 Å². The summed E-state index contributed by atoms with van der Waals surface area (Å²) in [5.74, 6) is -0.0319. The molecule has 1 aliphatic rings. The van der Waals surface area contributed by atoms with Gasteiger partial charge in [0.25, 0.3) is 0 Å². The van der Waals surface area contributed by atoms with Crippen LogP contribution in [0.2, 0.25) is 0 Å². The maximum absolute atomic E-state index is 11.8. The number of benzene rings is 1. The van der Waals surface area contributed by atoms with E-state index in [9.17, 15) is 13.2 Å². The highest BCUT2D eigenvalue weighted by atomic mass is 35.5. The van der Waals surface area contributed by atoms with Gasteiger partial charge >= 0.3 is 0 Å². The summed E-state index contributed by atoms with van der Waals surface area (Å²) in [5, 5.41) is 2.73. The maximum Gasteiger partial charge on any atom is 0.241 e. The van der Waals surface area contributed by atoms with Gasteiger partial charge in [-0.05, 0) is 37.1 Å². The highest BCUT2D eigenvalue weighted by Crippen LogP contribution is 2.25. The number of rotatable bonds is 5. The van der Waals surface area contributed by atoms with Crippen LogP contribution in [0.25, 0.3) is 0 Å². The molecule has 3 N–H and O–H groups in total. The van der Waals surface area contributed by atoms with Crippen molar-refractivity contribution in [3.8, 4) is 0 Å².